The van der Waals surface area contributed by atoms with Gasteiger partial charge in [0.15, 0.2) is 0 Å². The molecule has 4 amide bonds. The molecule has 8 rings (SSSR count). The zero-order valence-electron chi connectivity index (χ0n) is 34.0. The van der Waals surface area contributed by atoms with Crippen molar-refractivity contribution < 1.29 is 28.7 Å². The number of carbonyl (C=O) groups is 4. The number of ether oxygens (including phenoxy) is 2. The third-order valence-corrected chi connectivity index (χ3v) is 15.0. The number of fused-ring (bicyclic) bond motifs is 3. The predicted molar refractivity (Wildman–Crippen MR) is 223 cm³/mol. The van der Waals surface area contributed by atoms with E-state index >= 15 is 0 Å². The summed E-state index contributed by atoms with van der Waals surface area (Å²) in [5.74, 6) is 1.22. The maximum atomic E-state index is 14.1. The van der Waals surface area contributed by atoms with Crippen molar-refractivity contribution in [1.29, 1.82) is 0 Å². The minimum absolute atomic E-state index is 0.0419. The summed E-state index contributed by atoms with van der Waals surface area (Å²) in [4.78, 5) is 72.6. The number of likely N-dealkylation sites (tertiary alicyclic amines) is 1. The Bertz CT molecular complexity index is 2380. The Hall–Kier alpha value is -5.70. The number of hydrogen-bond acceptors (Lipinski definition) is 8. The first-order valence-corrected chi connectivity index (χ1v) is 23.6. The maximum Gasteiger partial charge on any atom is 0.407 e. The number of H-pyrrole nitrogens is 2. The van der Waals surface area contributed by atoms with Gasteiger partial charge in [0.2, 0.25) is 11.8 Å². The fourth-order valence-corrected chi connectivity index (χ4v) is 11.9. The first kappa shape index (κ1) is 39.1. The van der Waals surface area contributed by atoms with Crippen molar-refractivity contribution in [2.45, 2.75) is 88.8 Å². The number of nitrogens with one attached hydrogen (secondary N) is 4. The van der Waals surface area contributed by atoms with Gasteiger partial charge >= 0.3 is 12.2 Å². The van der Waals surface area contributed by atoms with Crippen LogP contribution in [-0.2, 0) is 19.1 Å². The molecule has 2 aromatic heterocycles. The molecular formula is C43H52N8O6Si. The number of alkyl carbamates (subject to hydrolysis) is 2. The van der Waals surface area contributed by atoms with E-state index in [2.05, 4.69) is 88.3 Å². The molecule has 3 aliphatic rings. The number of amides is 4. The number of benzene rings is 3. The molecule has 0 unspecified atom stereocenters. The molecule has 0 bridgehead atoms. The van der Waals surface area contributed by atoms with E-state index in [1.807, 2.05) is 29.8 Å². The normalized spacial score (nSPS) is 20.3. The van der Waals surface area contributed by atoms with Gasteiger partial charge < -0.3 is 39.9 Å². The molecule has 5 aromatic rings. The largest absolute Gasteiger partial charge is 0.453 e. The second-order valence-electron chi connectivity index (χ2n) is 17.2. The highest BCUT2D eigenvalue weighted by molar-refractivity contribution is 6.78. The first-order valence-electron chi connectivity index (χ1n) is 20.2. The van der Waals surface area contributed by atoms with Crippen LogP contribution in [0.15, 0.2) is 60.8 Å². The predicted octanol–water partition coefficient (Wildman–Crippen LogP) is 7.23. The van der Waals surface area contributed by atoms with Crippen molar-refractivity contribution in [1.82, 2.24) is 40.4 Å². The molecule has 1 aliphatic carbocycles. The smallest absolute Gasteiger partial charge is 0.407 e. The molecule has 3 aromatic carbocycles. The summed E-state index contributed by atoms with van der Waals surface area (Å²) in [7, 11) is 0.858. The highest BCUT2D eigenvalue weighted by atomic mass is 28.3. The van der Waals surface area contributed by atoms with Gasteiger partial charge in [0.05, 0.1) is 57.3 Å². The molecule has 3 atom stereocenters. The summed E-state index contributed by atoms with van der Waals surface area (Å²) in [5.41, 5.74) is 4.85. The average molecular weight is 805 g/mol. The molecule has 14 nitrogen and oxygen atoms in total. The van der Waals surface area contributed by atoms with E-state index in [0.29, 0.717) is 25.6 Å². The fraction of sp³-hybridized carbons (Fsp3) is 0.442. The molecule has 3 fully saturated rings. The number of hydrogen-bond donors (Lipinski definition) is 4. The van der Waals surface area contributed by atoms with Crippen LogP contribution in [0.25, 0.3) is 44.2 Å². The van der Waals surface area contributed by atoms with Crippen LogP contribution in [-0.4, -0.2) is 100 Å². The van der Waals surface area contributed by atoms with Crippen LogP contribution in [0.1, 0.15) is 69.7 Å². The lowest BCUT2D eigenvalue weighted by molar-refractivity contribution is -0.142. The lowest BCUT2D eigenvalue weighted by Crippen LogP contribution is -2.63. The van der Waals surface area contributed by atoms with Gasteiger partial charge in [-0.25, -0.2) is 19.6 Å². The Morgan fingerprint density at radius 3 is 2.28 bits per heavy atom. The van der Waals surface area contributed by atoms with Crippen LogP contribution in [0, 0.1) is 5.92 Å². The summed E-state index contributed by atoms with van der Waals surface area (Å²) in [6, 6.07) is 18.7. The zero-order chi connectivity index (χ0) is 40.9. The SMILES string of the molecule is COC(=O)N[C@H](C(=O)N1CCC[C@H]1c1ncc(-c2ccc(-c3ccc4c(ccc5[nH]c([C@@H]6C[Si](C)(C)CN6C(=O)C6(NC(=O)OC)CCC6)nc54)c3)cc2)[nH]1)C(C)C. The first-order chi connectivity index (χ1) is 27.8. The van der Waals surface area contributed by atoms with Crippen LogP contribution >= 0.6 is 0 Å². The summed E-state index contributed by atoms with van der Waals surface area (Å²) >= 11 is 0. The van der Waals surface area contributed by atoms with Gasteiger partial charge in [-0.1, -0.05) is 69.4 Å². The van der Waals surface area contributed by atoms with E-state index in [4.69, 9.17) is 19.4 Å². The van der Waals surface area contributed by atoms with Gasteiger partial charge in [-0.05, 0) is 78.3 Å². The van der Waals surface area contributed by atoms with Crippen molar-refractivity contribution in [2.75, 3.05) is 26.9 Å². The summed E-state index contributed by atoms with van der Waals surface area (Å²) in [6.07, 6.45) is 5.04. The number of methoxy groups -OCH3 is 2. The monoisotopic (exact) mass is 804 g/mol. The number of rotatable bonds is 9. The lowest BCUT2D eigenvalue weighted by atomic mass is 9.75. The van der Waals surface area contributed by atoms with E-state index in [-0.39, 0.29) is 29.8 Å². The number of nitrogens with zero attached hydrogens (tertiary/aromatic N) is 4. The molecule has 0 spiro atoms. The molecule has 4 heterocycles. The van der Waals surface area contributed by atoms with E-state index in [0.717, 1.165) is 81.1 Å². The number of aromatic nitrogens is 4. The van der Waals surface area contributed by atoms with E-state index < -0.39 is 31.8 Å². The number of aromatic amines is 2. The minimum atomic E-state index is -1.76. The van der Waals surface area contributed by atoms with Crippen molar-refractivity contribution in [3.05, 3.63) is 72.4 Å². The topological polar surface area (TPSA) is 175 Å². The summed E-state index contributed by atoms with van der Waals surface area (Å²) < 4.78 is 9.65. The van der Waals surface area contributed by atoms with Gasteiger partial charge in [-0.15, -0.1) is 0 Å². The molecule has 58 heavy (non-hydrogen) atoms. The van der Waals surface area contributed by atoms with E-state index in [1.165, 1.54) is 14.2 Å². The molecule has 15 heteroatoms. The summed E-state index contributed by atoms with van der Waals surface area (Å²) in [5, 5.41) is 7.66. The Labute approximate surface area is 338 Å². The van der Waals surface area contributed by atoms with Gasteiger partial charge in [0.1, 0.15) is 23.2 Å². The highest BCUT2D eigenvalue weighted by Crippen LogP contribution is 2.43. The van der Waals surface area contributed by atoms with Crippen LogP contribution in [0.2, 0.25) is 19.1 Å². The molecule has 2 aliphatic heterocycles. The van der Waals surface area contributed by atoms with Crippen LogP contribution in [0.3, 0.4) is 0 Å². The lowest BCUT2D eigenvalue weighted by Gasteiger charge is -2.43. The molecule has 304 valence electrons. The average Bonchev–Trinajstić information content (AvgIpc) is 4.02. The van der Waals surface area contributed by atoms with Crippen LogP contribution in [0.5, 0.6) is 0 Å². The molecule has 0 radical (unpaired) electrons. The quantitative estimate of drug-likeness (QED) is 0.113. The van der Waals surface area contributed by atoms with Crippen molar-refractivity contribution in [3.63, 3.8) is 0 Å². The van der Waals surface area contributed by atoms with Gasteiger partial charge in [-0.3, -0.25) is 9.59 Å². The third-order valence-electron chi connectivity index (χ3n) is 12.3. The summed E-state index contributed by atoms with van der Waals surface area (Å²) in [6.45, 7) is 9.01. The molecule has 4 N–H and O–H groups in total. The van der Waals surface area contributed by atoms with Crippen molar-refractivity contribution >= 4 is 53.9 Å². The number of imidazole rings is 2. The zero-order valence-corrected chi connectivity index (χ0v) is 35.0. The Morgan fingerprint density at radius 2 is 1.59 bits per heavy atom. The molecular weight excluding hydrogens is 753 g/mol. The Kier molecular flexibility index (Phi) is 10.3. The molecule has 2 saturated heterocycles. The van der Waals surface area contributed by atoms with Gasteiger partial charge in [0.25, 0.3) is 0 Å². The van der Waals surface area contributed by atoms with Gasteiger partial charge in [0, 0.05) is 18.1 Å². The molecule has 1 saturated carbocycles. The van der Waals surface area contributed by atoms with Crippen LogP contribution < -0.4 is 10.6 Å². The second-order valence-corrected chi connectivity index (χ2v) is 22.2. The van der Waals surface area contributed by atoms with E-state index in [9.17, 15) is 19.2 Å². The Morgan fingerprint density at radius 1 is 0.862 bits per heavy atom. The highest BCUT2D eigenvalue weighted by Gasteiger charge is 2.53. The fourth-order valence-electron chi connectivity index (χ4n) is 9.02. The van der Waals surface area contributed by atoms with Crippen molar-refractivity contribution in [3.8, 4) is 22.4 Å². The van der Waals surface area contributed by atoms with Crippen molar-refractivity contribution in [2.24, 2.45) is 5.92 Å². The maximum absolute atomic E-state index is 14.1. The standard InChI is InChI=1S/C43H52N8O6Si/c1-25(2)35(48-41(54)56-3)39(52)50-20-7-9-33(50)37-44-22-32(46-37)27-12-10-26(11-13-27)28-14-16-30-29(21-28)15-17-31-36(30)47-38(45-31)34-23-58(5,6)24-51(34)40(53)43(18-8-19-43)49-42(55)57-4/h10-17,21-22,25,33-35H,7-9,18-20,23-24H2,1-6H3,(H,44,46)(H,45,47)(H,48,54)(H,49,55)/t33-,34-,35-/m0/s1. The minimum Gasteiger partial charge on any atom is -0.453 e. The third kappa shape index (κ3) is 7.20. The van der Waals surface area contributed by atoms with Gasteiger partial charge in [-0.2, -0.15) is 0 Å². The van der Waals surface area contributed by atoms with Crippen LogP contribution in [0.4, 0.5) is 9.59 Å². The Balaban J connectivity index is 0.999. The second kappa shape index (κ2) is 15.2. The number of carbonyl (C=O) groups excluding carboxylic acids is 4. The van der Waals surface area contributed by atoms with E-state index in [1.54, 1.807) is 0 Å².